The number of aromatic nitrogens is 2. The Hall–Kier alpha value is -2.82. The average molecular weight is 267 g/mol. The normalized spacial score (nSPS) is 10.8. The second-order valence-electron chi connectivity index (χ2n) is 4.62. The molecule has 1 aromatic heterocycles. The number of nitrogen functional groups attached to an aromatic ring is 1. The van der Waals surface area contributed by atoms with Crippen LogP contribution in [0.3, 0.4) is 0 Å². The molecule has 3 N–H and O–H groups in total. The lowest BCUT2D eigenvalue weighted by Crippen LogP contribution is -2.02. The fraction of sp³-hybridized carbons (Fsp3) is 0.0667. The smallest absolute Gasteiger partial charge is 0.335 e. The molecular formula is C15H13N3O2. The predicted molar refractivity (Wildman–Crippen MR) is 76.6 cm³/mol. The number of aromatic carboxylic acids is 1. The molecule has 5 heteroatoms. The van der Waals surface area contributed by atoms with Gasteiger partial charge in [-0.3, -0.25) is 4.68 Å². The summed E-state index contributed by atoms with van der Waals surface area (Å²) in [5, 5.41) is 14.2. The number of hydrogen-bond acceptors (Lipinski definition) is 3. The highest BCUT2D eigenvalue weighted by Crippen LogP contribution is 2.18. The molecule has 0 atom stereocenters. The monoisotopic (exact) mass is 267 g/mol. The maximum atomic E-state index is 10.8. The van der Waals surface area contributed by atoms with Gasteiger partial charge in [0, 0.05) is 11.1 Å². The molecule has 5 nitrogen and oxygen atoms in total. The van der Waals surface area contributed by atoms with Gasteiger partial charge in [0.15, 0.2) is 0 Å². The minimum Gasteiger partial charge on any atom is -0.478 e. The molecule has 20 heavy (non-hydrogen) atoms. The highest BCUT2D eigenvalue weighted by Gasteiger charge is 2.05. The van der Waals surface area contributed by atoms with Gasteiger partial charge in [-0.05, 0) is 35.9 Å². The summed E-state index contributed by atoms with van der Waals surface area (Å²) in [6.45, 7) is 0.576. The third-order valence-corrected chi connectivity index (χ3v) is 3.20. The zero-order valence-electron chi connectivity index (χ0n) is 10.7. The van der Waals surface area contributed by atoms with Crippen LogP contribution in [0.15, 0.2) is 48.7 Å². The third-order valence-electron chi connectivity index (χ3n) is 3.20. The van der Waals surface area contributed by atoms with Crippen molar-refractivity contribution < 1.29 is 9.90 Å². The number of carboxylic acid groups (broad SMARTS) is 1. The van der Waals surface area contributed by atoms with Crippen molar-refractivity contribution in [2.45, 2.75) is 6.54 Å². The topological polar surface area (TPSA) is 81.1 Å². The molecule has 0 fully saturated rings. The van der Waals surface area contributed by atoms with Gasteiger partial charge in [0.05, 0.1) is 23.8 Å². The number of nitrogens with two attached hydrogens (primary N) is 1. The van der Waals surface area contributed by atoms with E-state index in [1.54, 1.807) is 30.5 Å². The Morgan fingerprint density at radius 2 is 1.95 bits per heavy atom. The predicted octanol–water partition coefficient (Wildman–Crippen LogP) is 2.37. The number of rotatable bonds is 3. The largest absolute Gasteiger partial charge is 0.478 e. The van der Waals surface area contributed by atoms with Crippen molar-refractivity contribution >= 4 is 22.6 Å². The molecule has 0 spiro atoms. The van der Waals surface area contributed by atoms with Gasteiger partial charge in [-0.25, -0.2) is 4.79 Å². The van der Waals surface area contributed by atoms with Gasteiger partial charge in [-0.2, -0.15) is 5.10 Å². The Morgan fingerprint density at radius 3 is 2.65 bits per heavy atom. The van der Waals surface area contributed by atoms with E-state index in [2.05, 4.69) is 5.10 Å². The van der Waals surface area contributed by atoms with Crippen LogP contribution >= 0.6 is 0 Å². The lowest BCUT2D eigenvalue weighted by Gasteiger charge is -2.05. The Balaban J connectivity index is 1.92. The molecule has 0 unspecified atom stereocenters. The Morgan fingerprint density at radius 1 is 1.20 bits per heavy atom. The average Bonchev–Trinajstić information content (AvgIpc) is 2.82. The lowest BCUT2D eigenvalue weighted by molar-refractivity contribution is 0.0697. The summed E-state index contributed by atoms with van der Waals surface area (Å²) < 4.78 is 1.85. The molecular weight excluding hydrogens is 254 g/mol. The molecule has 1 heterocycles. The first-order valence-electron chi connectivity index (χ1n) is 6.17. The SMILES string of the molecule is Nc1ccc2cnn(Cc3ccc(C(=O)O)cc3)c2c1. The fourth-order valence-corrected chi connectivity index (χ4v) is 2.14. The maximum absolute atomic E-state index is 10.8. The standard InChI is InChI=1S/C15H13N3O2/c16-13-6-5-12-8-17-18(14(12)7-13)9-10-1-3-11(4-2-10)15(19)20/h1-8H,9,16H2,(H,19,20). The third kappa shape index (κ3) is 2.21. The van der Waals surface area contributed by atoms with Crippen molar-refractivity contribution in [2.24, 2.45) is 0 Å². The molecule has 0 aliphatic heterocycles. The van der Waals surface area contributed by atoms with Gasteiger partial charge in [0.25, 0.3) is 0 Å². The van der Waals surface area contributed by atoms with E-state index in [4.69, 9.17) is 10.8 Å². The van der Waals surface area contributed by atoms with E-state index >= 15 is 0 Å². The molecule has 0 aliphatic carbocycles. The summed E-state index contributed by atoms with van der Waals surface area (Å²) in [4.78, 5) is 10.8. The molecule has 100 valence electrons. The van der Waals surface area contributed by atoms with Crippen LogP contribution in [0.25, 0.3) is 10.9 Å². The van der Waals surface area contributed by atoms with E-state index < -0.39 is 5.97 Å². The van der Waals surface area contributed by atoms with Crippen molar-refractivity contribution in [1.29, 1.82) is 0 Å². The number of anilines is 1. The molecule has 0 saturated carbocycles. The minimum atomic E-state index is -0.922. The van der Waals surface area contributed by atoms with Gasteiger partial charge < -0.3 is 10.8 Å². The number of nitrogens with zero attached hydrogens (tertiary/aromatic N) is 2. The molecule has 0 bridgehead atoms. The van der Waals surface area contributed by atoms with E-state index in [9.17, 15) is 4.79 Å². The van der Waals surface area contributed by atoms with E-state index in [-0.39, 0.29) is 5.56 Å². The van der Waals surface area contributed by atoms with Gasteiger partial charge >= 0.3 is 5.97 Å². The summed E-state index contributed by atoms with van der Waals surface area (Å²) in [5.74, 6) is -0.922. The zero-order valence-corrected chi connectivity index (χ0v) is 10.7. The number of benzene rings is 2. The highest BCUT2D eigenvalue weighted by molar-refractivity contribution is 5.87. The van der Waals surface area contributed by atoms with Crippen LogP contribution in [0.5, 0.6) is 0 Å². The number of fused-ring (bicyclic) bond motifs is 1. The lowest BCUT2D eigenvalue weighted by atomic mass is 10.1. The van der Waals surface area contributed by atoms with Gasteiger partial charge in [0.1, 0.15) is 0 Å². The van der Waals surface area contributed by atoms with Gasteiger partial charge in [-0.15, -0.1) is 0 Å². The van der Waals surface area contributed by atoms with Crippen LogP contribution in [0.1, 0.15) is 15.9 Å². The fourth-order valence-electron chi connectivity index (χ4n) is 2.14. The summed E-state index contributed by atoms with van der Waals surface area (Å²) in [5.41, 5.74) is 8.72. The summed E-state index contributed by atoms with van der Waals surface area (Å²) in [6, 6.07) is 12.4. The molecule has 0 saturated heterocycles. The van der Waals surface area contributed by atoms with E-state index in [1.165, 1.54) is 0 Å². The van der Waals surface area contributed by atoms with E-state index in [0.29, 0.717) is 12.2 Å². The van der Waals surface area contributed by atoms with Crippen LogP contribution in [0, 0.1) is 0 Å². The molecule has 0 amide bonds. The maximum Gasteiger partial charge on any atom is 0.335 e. The first-order chi connectivity index (χ1) is 9.63. The van der Waals surface area contributed by atoms with Crippen molar-refractivity contribution in [2.75, 3.05) is 5.73 Å². The van der Waals surface area contributed by atoms with Gasteiger partial charge in [0.2, 0.25) is 0 Å². The molecule has 3 aromatic rings. The van der Waals surface area contributed by atoms with Crippen molar-refractivity contribution in [1.82, 2.24) is 9.78 Å². The second-order valence-corrected chi connectivity index (χ2v) is 4.62. The molecule has 3 rings (SSSR count). The van der Waals surface area contributed by atoms with Crippen LogP contribution in [-0.4, -0.2) is 20.9 Å². The molecule has 0 aliphatic rings. The first kappa shape index (κ1) is 12.2. The van der Waals surface area contributed by atoms with Crippen LogP contribution < -0.4 is 5.73 Å². The van der Waals surface area contributed by atoms with Crippen molar-refractivity contribution in [3.8, 4) is 0 Å². The second kappa shape index (κ2) is 4.70. The quantitative estimate of drug-likeness (QED) is 0.714. The highest BCUT2D eigenvalue weighted by atomic mass is 16.4. The zero-order chi connectivity index (χ0) is 14.1. The van der Waals surface area contributed by atoms with Crippen LogP contribution in [0.2, 0.25) is 0 Å². The number of hydrogen-bond donors (Lipinski definition) is 2. The van der Waals surface area contributed by atoms with Crippen LogP contribution in [0.4, 0.5) is 5.69 Å². The van der Waals surface area contributed by atoms with E-state index in [0.717, 1.165) is 16.5 Å². The van der Waals surface area contributed by atoms with E-state index in [1.807, 2.05) is 22.9 Å². The Bertz CT molecular complexity index is 775. The van der Waals surface area contributed by atoms with Gasteiger partial charge in [-0.1, -0.05) is 12.1 Å². The summed E-state index contributed by atoms with van der Waals surface area (Å²) >= 11 is 0. The Kier molecular flexibility index (Phi) is 2.87. The van der Waals surface area contributed by atoms with Crippen LogP contribution in [-0.2, 0) is 6.54 Å². The van der Waals surface area contributed by atoms with Crippen molar-refractivity contribution in [3.05, 3.63) is 59.8 Å². The summed E-state index contributed by atoms with van der Waals surface area (Å²) in [6.07, 6.45) is 1.79. The molecule has 2 aromatic carbocycles. The minimum absolute atomic E-state index is 0.281. The van der Waals surface area contributed by atoms with Crippen molar-refractivity contribution in [3.63, 3.8) is 0 Å². The Labute approximate surface area is 115 Å². The summed E-state index contributed by atoms with van der Waals surface area (Å²) in [7, 11) is 0. The number of carbonyl (C=O) groups is 1. The molecule has 0 radical (unpaired) electrons. The number of carboxylic acids is 1. The first-order valence-corrected chi connectivity index (χ1v) is 6.17.